The van der Waals surface area contributed by atoms with Crippen LogP contribution < -0.4 is 0 Å². The number of rotatable bonds is 9. The van der Waals surface area contributed by atoms with Crippen LogP contribution in [0.1, 0.15) is 113 Å². The van der Waals surface area contributed by atoms with E-state index in [1.54, 1.807) is 20.8 Å². The fourth-order valence-electron chi connectivity index (χ4n) is 11.5. The van der Waals surface area contributed by atoms with E-state index in [-0.39, 0.29) is 52.9 Å². The van der Waals surface area contributed by atoms with Gasteiger partial charge in [0.25, 0.3) is 0 Å². The Labute approximate surface area is 280 Å². The van der Waals surface area contributed by atoms with Gasteiger partial charge in [0.2, 0.25) is 0 Å². The van der Waals surface area contributed by atoms with Gasteiger partial charge < -0.3 is 55.1 Å². The highest BCUT2D eigenvalue weighted by atomic mass is 16.7. The number of hydrogen-bond donors (Lipinski definition) is 8. The zero-order valence-electron chi connectivity index (χ0n) is 29.8. The summed E-state index contributed by atoms with van der Waals surface area (Å²) in [6.07, 6.45) is -2.91. The first-order valence-corrected chi connectivity index (χ1v) is 18.0. The van der Waals surface area contributed by atoms with E-state index in [2.05, 4.69) is 34.6 Å². The lowest BCUT2D eigenvalue weighted by Crippen LogP contribution is -2.63. The summed E-state index contributed by atoms with van der Waals surface area (Å²) in [5.41, 5.74) is -3.71. The summed E-state index contributed by atoms with van der Waals surface area (Å²) in [7, 11) is 0. The highest BCUT2D eigenvalue weighted by Crippen LogP contribution is 2.72. The molecule has 2 aliphatic heterocycles. The van der Waals surface area contributed by atoms with Crippen molar-refractivity contribution in [1.82, 2.24) is 0 Å². The molecule has 0 aromatic carbocycles. The second kappa shape index (κ2) is 12.7. The first kappa shape index (κ1) is 37.8. The van der Waals surface area contributed by atoms with E-state index < -0.39 is 72.4 Å². The van der Waals surface area contributed by atoms with Crippen molar-refractivity contribution in [3.63, 3.8) is 0 Å². The van der Waals surface area contributed by atoms with Gasteiger partial charge in [0.05, 0.1) is 47.8 Å². The van der Waals surface area contributed by atoms with Crippen LogP contribution in [-0.2, 0) is 14.2 Å². The van der Waals surface area contributed by atoms with Gasteiger partial charge in [-0.1, -0.05) is 27.7 Å². The van der Waals surface area contributed by atoms with Crippen molar-refractivity contribution >= 4 is 0 Å². The van der Waals surface area contributed by atoms with E-state index in [1.165, 1.54) is 0 Å². The van der Waals surface area contributed by atoms with Gasteiger partial charge in [-0.2, -0.15) is 0 Å². The third-order valence-electron chi connectivity index (χ3n) is 14.2. The third kappa shape index (κ3) is 6.36. The van der Waals surface area contributed by atoms with Crippen molar-refractivity contribution in [3.8, 4) is 0 Å². The SMILES string of the molecule is CC(C)(O)C(O)CCC(C)(O)C1CCC(C)(C2C(O)CC3C2(C)CCC2C(C)(C)C(OC4OC(CO)C(O)C(O)C4O)CCC23C)O1. The molecule has 5 fully saturated rings. The Kier molecular flexibility index (Phi) is 10.2. The molecule has 11 heteroatoms. The quantitative estimate of drug-likeness (QED) is 0.167. The molecule has 5 aliphatic rings. The fourth-order valence-corrected chi connectivity index (χ4v) is 11.5. The Morgan fingerprint density at radius 3 is 2.09 bits per heavy atom. The van der Waals surface area contributed by atoms with Gasteiger partial charge in [-0.05, 0) is 114 Å². The minimum atomic E-state index is -1.49. The maximum atomic E-state index is 11.9. The van der Waals surface area contributed by atoms with Crippen molar-refractivity contribution in [2.75, 3.05) is 6.61 Å². The molecule has 0 amide bonds. The van der Waals surface area contributed by atoms with Crippen molar-refractivity contribution in [2.24, 2.45) is 34.0 Å². The van der Waals surface area contributed by atoms with Crippen LogP contribution in [0.4, 0.5) is 0 Å². The van der Waals surface area contributed by atoms with Gasteiger partial charge in [0.1, 0.15) is 24.4 Å². The standard InChI is InChI=1S/C36H64O11/c1-31(2)21-9-13-34(6)22(33(21,5)14-11-24(31)46-30-28(42)27(41)26(40)20(18-37)45-30)17-19(38)29(34)36(8)16-12-25(47-36)35(7,44)15-10-23(39)32(3,4)43/h19-30,37-44H,9-18H2,1-8H3. The summed E-state index contributed by atoms with van der Waals surface area (Å²) in [5.74, 6) is 0.352. The van der Waals surface area contributed by atoms with Crippen LogP contribution in [0.15, 0.2) is 0 Å². The lowest BCUT2D eigenvalue weighted by Gasteiger charge is -2.64. The van der Waals surface area contributed by atoms with Crippen molar-refractivity contribution in [3.05, 3.63) is 0 Å². The van der Waals surface area contributed by atoms with E-state index in [4.69, 9.17) is 14.2 Å². The zero-order valence-corrected chi connectivity index (χ0v) is 29.8. The average Bonchev–Trinajstić information content (AvgIpc) is 3.50. The van der Waals surface area contributed by atoms with Crippen LogP contribution in [0.3, 0.4) is 0 Å². The molecule has 47 heavy (non-hydrogen) atoms. The molecule has 0 bridgehead atoms. The smallest absolute Gasteiger partial charge is 0.186 e. The van der Waals surface area contributed by atoms with Gasteiger partial charge in [-0.25, -0.2) is 0 Å². The van der Waals surface area contributed by atoms with Crippen LogP contribution in [0.2, 0.25) is 0 Å². The summed E-state index contributed by atoms with van der Waals surface area (Å²) in [4.78, 5) is 0. The van der Waals surface area contributed by atoms with Gasteiger partial charge in [-0.15, -0.1) is 0 Å². The van der Waals surface area contributed by atoms with Crippen LogP contribution in [0.5, 0.6) is 0 Å². The predicted molar refractivity (Wildman–Crippen MR) is 173 cm³/mol. The average molecular weight is 673 g/mol. The minimum absolute atomic E-state index is 0.103. The molecule has 3 aliphatic carbocycles. The van der Waals surface area contributed by atoms with Gasteiger partial charge >= 0.3 is 0 Å². The van der Waals surface area contributed by atoms with Crippen LogP contribution >= 0.6 is 0 Å². The Balaban J connectivity index is 1.31. The summed E-state index contributed by atoms with van der Waals surface area (Å²) in [6.45, 7) is 15.5. The highest BCUT2D eigenvalue weighted by Gasteiger charge is 2.69. The lowest BCUT2D eigenvalue weighted by atomic mass is 9.42. The topological polar surface area (TPSA) is 190 Å². The van der Waals surface area contributed by atoms with Crippen LogP contribution in [0.25, 0.3) is 0 Å². The molecular weight excluding hydrogens is 608 g/mol. The zero-order chi connectivity index (χ0) is 35.1. The first-order chi connectivity index (χ1) is 21.5. The molecule has 0 radical (unpaired) electrons. The largest absolute Gasteiger partial charge is 0.394 e. The summed E-state index contributed by atoms with van der Waals surface area (Å²) < 4.78 is 18.9. The second-order valence-electron chi connectivity index (χ2n) is 18.1. The van der Waals surface area contributed by atoms with E-state index in [1.807, 2.05) is 0 Å². The molecule has 3 saturated carbocycles. The number of aliphatic hydroxyl groups excluding tert-OH is 6. The first-order valence-electron chi connectivity index (χ1n) is 18.0. The minimum Gasteiger partial charge on any atom is -0.394 e. The maximum absolute atomic E-state index is 11.9. The van der Waals surface area contributed by atoms with E-state index in [0.29, 0.717) is 25.7 Å². The lowest BCUT2D eigenvalue weighted by molar-refractivity contribution is -0.329. The molecule has 0 aromatic rings. The molecule has 0 spiro atoms. The number of aliphatic hydroxyl groups is 8. The summed E-state index contributed by atoms with van der Waals surface area (Å²) in [5, 5.41) is 84.8. The molecule has 16 atom stereocenters. The molecule has 11 nitrogen and oxygen atoms in total. The normalized spacial score (nSPS) is 50.4. The Morgan fingerprint density at radius 2 is 1.47 bits per heavy atom. The van der Waals surface area contributed by atoms with E-state index in [0.717, 1.165) is 19.3 Å². The third-order valence-corrected chi connectivity index (χ3v) is 14.2. The van der Waals surface area contributed by atoms with Gasteiger partial charge in [0.15, 0.2) is 6.29 Å². The fraction of sp³-hybridized carbons (Fsp3) is 1.00. The molecular formula is C36H64O11. The van der Waals surface area contributed by atoms with E-state index >= 15 is 0 Å². The monoisotopic (exact) mass is 672 g/mol. The molecule has 2 saturated heterocycles. The number of ether oxygens (including phenoxy) is 3. The van der Waals surface area contributed by atoms with Crippen LogP contribution in [-0.4, -0.2) is 119 Å². The van der Waals surface area contributed by atoms with E-state index in [9.17, 15) is 40.9 Å². The molecule has 2 heterocycles. The summed E-state index contributed by atoms with van der Waals surface area (Å²) >= 11 is 0. The van der Waals surface area contributed by atoms with Crippen molar-refractivity contribution in [2.45, 2.75) is 185 Å². The Morgan fingerprint density at radius 1 is 0.830 bits per heavy atom. The number of hydrogen-bond acceptors (Lipinski definition) is 11. The Bertz CT molecular complexity index is 1110. The molecule has 5 rings (SSSR count). The molecule has 0 aromatic heterocycles. The highest BCUT2D eigenvalue weighted by molar-refractivity contribution is 5.18. The molecule has 8 N–H and O–H groups in total. The molecule has 274 valence electrons. The van der Waals surface area contributed by atoms with Crippen molar-refractivity contribution < 1.29 is 55.1 Å². The number of fused-ring (bicyclic) bond motifs is 3. The van der Waals surface area contributed by atoms with Crippen molar-refractivity contribution in [1.29, 1.82) is 0 Å². The Hall–Kier alpha value is -0.440. The van der Waals surface area contributed by atoms with Gasteiger partial charge in [-0.3, -0.25) is 0 Å². The molecule has 16 unspecified atom stereocenters. The maximum Gasteiger partial charge on any atom is 0.186 e. The second-order valence-corrected chi connectivity index (χ2v) is 18.1. The summed E-state index contributed by atoms with van der Waals surface area (Å²) in [6, 6.07) is 0. The van der Waals surface area contributed by atoms with Gasteiger partial charge in [0, 0.05) is 5.92 Å². The van der Waals surface area contributed by atoms with Crippen LogP contribution in [0, 0.1) is 34.0 Å². The predicted octanol–water partition coefficient (Wildman–Crippen LogP) is 2.01.